The second kappa shape index (κ2) is 3.55. The Morgan fingerprint density at radius 2 is 1.36 bits per heavy atom. The molecule has 0 nitrogen and oxygen atoms in total. The summed E-state index contributed by atoms with van der Waals surface area (Å²) < 4.78 is 13.0. The SMILES string of the molecule is CC(C)(C)CCCC(C)(C)F. The Kier molecular flexibility index (Phi) is 3.53. The lowest BCUT2D eigenvalue weighted by Gasteiger charge is -2.20. The summed E-state index contributed by atoms with van der Waals surface area (Å²) in [6, 6.07) is 0. The quantitative estimate of drug-likeness (QED) is 0.586. The zero-order valence-electron chi connectivity index (χ0n) is 8.50. The Bertz CT molecular complexity index is 89.0. The summed E-state index contributed by atoms with van der Waals surface area (Å²) in [5, 5.41) is 0. The maximum Gasteiger partial charge on any atom is 0.105 e. The van der Waals surface area contributed by atoms with Crippen molar-refractivity contribution in [1.29, 1.82) is 0 Å². The van der Waals surface area contributed by atoms with Crippen molar-refractivity contribution in [2.45, 2.75) is 59.5 Å². The highest BCUT2D eigenvalue weighted by Gasteiger charge is 2.17. The van der Waals surface area contributed by atoms with Gasteiger partial charge in [-0.3, -0.25) is 0 Å². The first kappa shape index (κ1) is 10.9. The van der Waals surface area contributed by atoms with Crippen molar-refractivity contribution in [3.05, 3.63) is 0 Å². The third-order valence-corrected chi connectivity index (χ3v) is 1.70. The normalized spacial score (nSPS) is 13.6. The Balaban J connectivity index is 3.44. The molecule has 0 aliphatic heterocycles. The summed E-state index contributed by atoms with van der Waals surface area (Å²) in [5.74, 6) is 0. The standard InChI is InChI=1S/C10H21F/c1-9(2,3)7-6-8-10(4,5)11/h6-8H2,1-5H3. The van der Waals surface area contributed by atoms with E-state index in [0.717, 1.165) is 12.8 Å². The van der Waals surface area contributed by atoms with Gasteiger partial charge in [0.2, 0.25) is 0 Å². The van der Waals surface area contributed by atoms with Gasteiger partial charge in [0.1, 0.15) is 5.67 Å². The van der Waals surface area contributed by atoms with E-state index in [-0.39, 0.29) is 0 Å². The van der Waals surface area contributed by atoms with Gasteiger partial charge in [-0.15, -0.1) is 0 Å². The molecule has 0 saturated heterocycles. The third kappa shape index (κ3) is 9.93. The van der Waals surface area contributed by atoms with Crippen molar-refractivity contribution in [2.24, 2.45) is 5.41 Å². The van der Waals surface area contributed by atoms with Gasteiger partial charge in [-0.1, -0.05) is 20.8 Å². The van der Waals surface area contributed by atoms with E-state index in [1.54, 1.807) is 13.8 Å². The maximum atomic E-state index is 13.0. The smallest absolute Gasteiger partial charge is 0.105 e. The van der Waals surface area contributed by atoms with Gasteiger partial charge < -0.3 is 0 Å². The molecule has 0 atom stereocenters. The van der Waals surface area contributed by atoms with Crippen LogP contribution >= 0.6 is 0 Å². The molecular formula is C10H21F. The number of hydrogen-bond donors (Lipinski definition) is 0. The van der Waals surface area contributed by atoms with Crippen LogP contribution in [0.1, 0.15) is 53.9 Å². The van der Waals surface area contributed by atoms with Gasteiger partial charge in [0, 0.05) is 0 Å². The maximum absolute atomic E-state index is 13.0. The molecule has 0 aromatic carbocycles. The fraction of sp³-hybridized carbons (Fsp3) is 1.00. The van der Waals surface area contributed by atoms with Crippen molar-refractivity contribution in [3.8, 4) is 0 Å². The Hall–Kier alpha value is -0.0700. The summed E-state index contributed by atoms with van der Waals surface area (Å²) in [7, 11) is 0. The molecule has 0 aliphatic carbocycles. The first-order valence-corrected chi connectivity index (χ1v) is 4.40. The third-order valence-electron chi connectivity index (χ3n) is 1.70. The summed E-state index contributed by atoms with van der Waals surface area (Å²) in [4.78, 5) is 0. The lowest BCUT2D eigenvalue weighted by molar-refractivity contribution is 0.186. The van der Waals surface area contributed by atoms with E-state index in [0.29, 0.717) is 11.8 Å². The highest BCUT2D eigenvalue weighted by Crippen LogP contribution is 2.25. The largest absolute Gasteiger partial charge is 0.245 e. The van der Waals surface area contributed by atoms with E-state index in [4.69, 9.17) is 0 Å². The zero-order chi connectivity index (χ0) is 9.12. The molecule has 0 spiro atoms. The second-order valence-corrected chi connectivity index (χ2v) is 5.13. The molecule has 11 heavy (non-hydrogen) atoms. The van der Waals surface area contributed by atoms with Gasteiger partial charge >= 0.3 is 0 Å². The average Bonchev–Trinajstić information content (AvgIpc) is 1.55. The summed E-state index contributed by atoms with van der Waals surface area (Å²) in [6.45, 7) is 9.88. The van der Waals surface area contributed by atoms with Crippen LogP contribution in [0, 0.1) is 5.41 Å². The van der Waals surface area contributed by atoms with Crippen molar-refractivity contribution < 1.29 is 4.39 Å². The van der Waals surface area contributed by atoms with Gasteiger partial charge in [-0.25, -0.2) is 4.39 Å². The molecule has 0 unspecified atom stereocenters. The van der Waals surface area contributed by atoms with Crippen LogP contribution in [0.3, 0.4) is 0 Å². The molecular weight excluding hydrogens is 139 g/mol. The van der Waals surface area contributed by atoms with Gasteiger partial charge in [0.25, 0.3) is 0 Å². The zero-order valence-corrected chi connectivity index (χ0v) is 8.50. The first-order valence-electron chi connectivity index (χ1n) is 4.40. The molecule has 0 saturated carbocycles. The van der Waals surface area contributed by atoms with Crippen LogP contribution in [-0.4, -0.2) is 5.67 Å². The van der Waals surface area contributed by atoms with Crippen LogP contribution in [0.4, 0.5) is 4.39 Å². The van der Waals surface area contributed by atoms with Crippen molar-refractivity contribution in [2.75, 3.05) is 0 Å². The summed E-state index contributed by atoms with van der Waals surface area (Å²) in [5.41, 5.74) is -0.628. The van der Waals surface area contributed by atoms with Gasteiger partial charge in [-0.2, -0.15) is 0 Å². The number of alkyl halides is 1. The summed E-state index contributed by atoms with van der Waals surface area (Å²) >= 11 is 0. The molecule has 68 valence electrons. The van der Waals surface area contributed by atoms with Gasteiger partial charge in [-0.05, 0) is 38.5 Å². The minimum Gasteiger partial charge on any atom is -0.245 e. The second-order valence-electron chi connectivity index (χ2n) is 5.13. The highest BCUT2D eigenvalue weighted by molar-refractivity contribution is 4.68. The molecule has 0 aromatic heterocycles. The van der Waals surface area contributed by atoms with Crippen molar-refractivity contribution >= 4 is 0 Å². The number of hydrogen-bond acceptors (Lipinski definition) is 0. The lowest BCUT2D eigenvalue weighted by Crippen LogP contribution is -2.13. The molecule has 0 N–H and O–H groups in total. The van der Waals surface area contributed by atoms with Crippen molar-refractivity contribution in [1.82, 2.24) is 0 Å². The minimum atomic E-state index is -0.981. The minimum absolute atomic E-state index is 0.352. The van der Waals surface area contributed by atoms with Crippen LogP contribution < -0.4 is 0 Å². The monoisotopic (exact) mass is 160 g/mol. The van der Waals surface area contributed by atoms with E-state index >= 15 is 0 Å². The molecule has 0 rings (SSSR count). The van der Waals surface area contributed by atoms with Crippen LogP contribution in [0.15, 0.2) is 0 Å². The van der Waals surface area contributed by atoms with E-state index in [2.05, 4.69) is 20.8 Å². The van der Waals surface area contributed by atoms with E-state index in [1.807, 2.05) is 0 Å². The average molecular weight is 160 g/mol. The molecule has 0 radical (unpaired) electrons. The Morgan fingerprint density at radius 1 is 0.909 bits per heavy atom. The molecule has 0 heterocycles. The molecule has 0 fully saturated rings. The molecule has 0 amide bonds. The van der Waals surface area contributed by atoms with Gasteiger partial charge in [0.15, 0.2) is 0 Å². The lowest BCUT2D eigenvalue weighted by atomic mass is 9.88. The Morgan fingerprint density at radius 3 is 1.64 bits per heavy atom. The number of halogens is 1. The molecule has 0 aliphatic rings. The predicted molar refractivity (Wildman–Crippen MR) is 48.5 cm³/mol. The topological polar surface area (TPSA) is 0 Å². The first-order chi connectivity index (χ1) is 4.71. The van der Waals surface area contributed by atoms with Crippen LogP contribution in [0.5, 0.6) is 0 Å². The molecule has 0 bridgehead atoms. The predicted octanol–water partition coefficient (Wildman–Crippen LogP) is 3.95. The molecule has 0 aromatic rings. The van der Waals surface area contributed by atoms with Crippen LogP contribution in [-0.2, 0) is 0 Å². The molecule has 1 heteroatoms. The van der Waals surface area contributed by atoms with Crippen molar-refractivity contribution in [3.63, 3.8) is 0 Å². The fourth-order valence-corrected chi connectivity index (χ4v) is 1.04. The number of rotatable bonds is 3. The Labute approximate surface area is 70.2 Å². The van der Waals surface area contributed by atoms with Gasteiger partial charge in [0.05, 0.1) is 0 Å². The fourth-order valence-electron chi connectivity index (χ4n) is 1.04. The van der Waals surface area contributed by atoms with E-state index < -0.39 is 5.67 Å². The van der Waals surface area contributed by atoms with E-state index in [9.17, 15) is 4.39 Å². The van der Waals surface area contributed by atoms with Crippen LogP contribution in [0.25, 0.3) is 0 Å². The van der Waals surface area contributed by atoms with Crippen LogP contribution in [0.2, 0.25) is 0 Å². The van der Waals surface area contributed by atoms with E-state index in [1.165, 1.54) is 0 Å². The summed E-state index contributed by atoms with van der Waals surface area (Å²) in [6.07, 6.45) is 2.79. The highest BCUT2D eigenvalue weighted by atomic mass is 19.1.